The first-order chi connectivity index (χ1) is 9.26. The van der Waals surface area contributed by atoms with Crippen LogP contribution >= 0.6 is 11.6 Å². The van der Waals surface area contributed by atoms with Crippen LogP contribution in [0.1, 0.15) is 24.0 Å². The van der Waals surface area contributed by atoms with Crippen molar-refractivity contribution in [1.29, 1.82) is 0 Å². The van der Waals surface area contributed by atoms with Gasteiger partial charge in [-0.2, -0.15) is 0 Å². The molecule has 1 aliphatic carbocycles. The van der Waals surface area contributed by atoms with Crippen LogP contribution in [0.3, 0.4) is 0 Å². The van der Waals surface area contributed by atoms with Gasteiger partial charge in [-0.25, -0.2) is 0 Å². The first-order valence-corrected chi connectivity index (χ1v) is 7.92. The van der Waals surface area contributed by atoms with Crippen molar-refractivity contribution in [2.45, 2.75) is 25.6 Å². The second-order valence-electron chi connectivity index (χ2n) is 5.99. The SMILES string of the molecule is Cc1cc(CCl)ccc1N1CCN(CC2CC2)CC1. The van der Waals surface area contributed by atoms with Crippen molar-refractivity contribution in [3.8, 4) is 0 Å². The Bertz CT molecular complexity index is 434. The minimum absolute atomic E-state index is 0.607. The third-order valence-corrected chi connectivity index (χ3v) is 4.65. The summed E-state index contributed by atoms with van der Waals surface area (Å²) in [5.74, 6) is 1.62. The molecule has 0 radical (unpaired) electrons. The van der Waals surface area contributed by atoms with Gasteiger partial charge in [-0.15, -0.1) is 11.6 Å². The summed E-state index contributed by atoms with van der Waals surface area (Å²) in [4.78, 5) is 5.16. The van der Waals surface area contributed by atoms with Crippen molar-refractivity contribution in [3.05, 3.63) is 29.3 Å². The van der Waals surface area contributed by atoms with Crippen molar-refractivity contribution >= 4 is 17.3 Å². The van der Waals surface area contributed by atoms with E-state index >= 15 is 0 Å². The highest BCUT2D eigenvalue weighted by molar-refractivity contribution is 6.17. The molecule has 0 unspecified atom stereocenters. The first-order valence-electron chi connectivity index (χ1n) is 7.39. The number of benzene rings is 1. The van der Waals surface area contributed by atoms with Crippen LogP contribution in [-0.2, 0) is 5.88 Å². The highest BCUT2D eigenvalue weighted by atomic mass is 35.5. The molecule has 1 aliphatic heterocycles. The zero-order valence-corrected chi connectivity index (χ0v) is 12.5. The number of nitrogens with zero attached hydrogens (tertiary/aromatic N) is 2. The molecule has 104 valence electrons. The third kappa shape index (κ3) is 3.24. The van der Waals surface area contributed by atoms with Crippen LogP contribution in [0.2, 0.25) is 0 Å². The number of hydrogen-bond acceptors (Lipinski definition) is 2. The van der Waals surface area contributed by atoms with Crippen molar-refractivity contribution < 1.29 is 0 Å². The van der Waals surface area contributed by atoms with Gasteiger partial charge in [0.05, 0.1) is 0 Å². The number of anilines is 1. The fourth-order valence-corrected chi connectivity index (χ4v) is 3.16. The normalized spacial score (nSPS) is 20.8. The molecule has 0 N–H and O–H groups in total. The average Bonchev–Trinajstić information content (AvgIpc) is 3.24. The summed E-state index contributed by atoms with van der Waals surface area (Å²) in [5, 5.41) is 0. The van der Waals surface area contributed by atoms with Crippen LogP contribution in [-0.4, -0.2) is 37.6 Å². The van der Waals surface area contributed by atoms with E-state index in [1.807, 2.05) is 0 Å². The highest BCUT2D eigenvalue weighted by Crippen LogP contribution is 2.30. The number of rotatable bonds is 4. The predicted molar refractivity (Wildman–Crippen MR) is 82.1 cm³/mol. The maximum absolute atomic E-state index is 5.89. The van der Waals surface area contributed by atoms with Gasteiger partial charge in [-0.3, -0.25) is 4.90 Å². The first kappa shape index (κ1) is 13.3. The number of halogens is 1. The molecule has 1 aromatic rings. The average molecular weight is 279 g/mol. The van der Waals surface area contributed by atoms with Crippen LogP contribution in [0.15, 0.2) is 18.2 Å². The standard InChI is InChI=1S/C16H23ClN2/c1-13-10-15(11-17)4-5-16(13)19-8-6-18(7-9-19)12-14-2-3-14/h4-5,10,14H,2-3,6-9,11-12H2,1H3. The lowest BCUT2D eigenvalue weighted by molar-refractivity contribution is 0.248. The van der Waals surface area contributed by atoms with Crippen LogP contribution in [0.5, 0.6) is 0 Å². The van der Waals surface area contributed by atoms with Crippen molar-refractivity contribution in [3.63, 3.8) is 0 Å². The molecule has 1 aromatic carbocycles. The maximum Gasteiger partial charge on any atom is 0.0474 e. The Balaban J connectivity index is 1.60. The zero-order valence-electron chi connectivity index (χ0n) is 11.7. The predicted octanol–water partition coefficient (Wildman–Crippen LogP) is 3.27. The van der Waals surface area contributed by atoms with Gasteiger partial charge < -0.3 is 4.90 Å². The lowest BCUT2D eigenvalue weighted by atomic mass is 10.1. The van der Waals surface area contributed by atoms with E-state index < -0.39 is 0 Å². The molecular weight excluding hydrogens is 256 g/mol. The number of hydrogen-bond donors (Lipinski definition) is 0. The van der Waals surface area contributed by atoms with Crippen molar-refractivity contribution in [1.82, 2.24) is 4.90 Å². The topological polar surface area (TPSA) is 6.48 Å². The number of aryl methyl sites for hydroxylation is 1. The molecule has 1 heterocycles. The van der Waals surface area contributed by atoms with Crippen LogP contribution in [0.25, 0.3) is 0 Å². The molecule has 1 saturated carbocycles. The van der Waals surface area contributed by atoms with Gasteiger partial charge in [0, 0.05) is 44.3 Å². The fraction of sp³-hybridized carbons (Fsp3) is 0.625. The Labute approximate surface area is 121 Å². The Morgan fingerprint density at radius 2 is 1.89 bits per heavy atom. The number of piperazine rings is 1. The van der Waals surface area contributed by atoms with Gasteiger partial charge in [0.2, 0.25) is 0 Å². The summed E-state index contributed by atoms with van der Waals surface area (Å²) >= 11 is 5.89. The molecule has 2 aliphatic rings. The maximum atomic E-state index is 5.89. The summed E-state index contributed by atoms with van der Waals surface area (Å²) in [6, 6.07) is 6.62. The summed E-state index contributed by atoms with van der Waals surface area (Å²) in [5.41, 5.74) is 3.96. The molecule has 1 saturated heterocycles. The van der Waals surface area contributed by atoms with E-state index in [0.717, 1.165) is 19.0 Å². The van der Waals surface area contributed by atoms with E-state index in [9.17, 15) is 0 Å². The van der Waals surface area contributed by atoms with Gasteiger partial charge in [0.25, 0.3) is 0 Å². The summed E-state index contributed by atoms with van der Waals surface area (Å²) in [7, 11) is 0. The zero-order chi connectivity index (χ0) is 13.2. The van der Waals surface area contributed by atoms with Crippen molar-refractivity contribution in [2.24, 2.45) is 5.92 Å². The van der Waals surface area contributed by atoms with E-state index in [1.165, 1.54) is 49.3 Å². The summed E-state index contributed by atoms with van der Waals surface area (Å²) < 4.78 is 0. The van der Waals surface area contributed by atoms with Gasteiger partial charge in [-0.1, -0.05) is 12.1 Å². The molecule has 0 aromatic heterocycles. The minimum atomic E-state index is 0.607. The Morgan fingerprint density at radius 3 is 2.47 bits per heavy atom. The Kier molecular flexibility index (Phi) is 3.99. The molecule has 2 fully saturated rings. The molecule has 0 amide bonds. The van der Waals surface area contributed by atoms with E-state index in [2.05, 4.69) is 34.9 Å². The van der Waals surface area contributed by atoms with E-state index in [4.69, 9.17) is 11.6 Å². The van der Waals surface area contributed by atoms with Crippen LogP contribution < -0.4 is 4.90 Å². The third-order valence-electron chi connectivity index (χ3n) is 4.34. The molecular formula is C16H23ClN2. The molecule has 3 heteroatoms. The van der Waals surface area contributed by atoms with Crippen molar-refractivity contribution in [2.75, 3.05) is 37.6 Å². The largest absolute Gasteiger partial charge is 0.369 e. The molecule has 0 atom stereocenters. The minimum Gasteiger partial charge on any atom is -0.369 e. The lowest BCUT2D eigenvalue weighted by Gasteiger charge is -2.37. The molecule has 19 heavy (non-hydrogen) atoms. The van der Waals surface area contributed by atoms with Gasteiger partial charge >= 0.3 is 0 Å². The smallest absolute Gasteiger partial charge is 0.0474 e. The molecule has 0 spiro atoms. The number of alkyl halides is 1. The van der Waals surface area contributed by atoms with Crippen LogP contribution in [0.4, 0.5) is 5.69 Å². The van der Waals surface area contributed by atoms with Crippen LogP contribution in [0, 0.1) is 12.8 Å². The monoisotopic (exact) mass is 278 g/mol. The fourth-order valence-electron chi connectivity index (χ4n) is 2.99. The quantitative estimate of drug-likeness (QED) is 0.780. The lowest BCUT2D eigenvalue weighted by Crippen LogP contribution is -2.47. The highest BCUT2D eigenvalue weighted by Gasteiger charge is 2.26. The van der Waals surface area contributed by atoms with Gasteiger partial charge in [-0.05, 0) is 42.9 Å². The Hall–Kier alpha value is -0.730. The molecule has 2 nitrogen and oxygen atoms in total. The van der Waals surface area contributed by atoms with E-state index in [0.29, 0.717) is 5.88 Å². The summed E-state index contributed by atoms with van der Waals surface area (Å²) in [6.45, 7) is 8.28. The Morgan fingerprint density at radius 1 is 1.16 bits per heavy atom. The summed E-state index contributed by atoms with van der Waals surface area (Å²) in [6.07, 6.45) is 2.92. The molecule has 0 bridgehead atoms. The van der Waals surface area contributed by atoms with Gasteiger partial charge in [0.1, 0.15) is 0 Å². The van der Waals surface area contributed by atoms with E-state index in [1.54, 1.807) is 0 Å². The molecule has 3 rings (SSSR count). The second kappa shape index (κ2) is 5.72. The van der Waals surface area contributed by atoms with E-state index in [-0.39, 0.29) is 0 Å². The second-order valence-corrected chi connectivity index (χ2v) is 6.25. The van der Waals surface area contributed by atoms with Gasteiger partial charge in [0.15, 0.2) is 0 Å².